The van der Waals surface area contributed by atoms with Crippen LogP contribution >= 0.6 is 11.3 Å². The van der Waals surface area contributed by atoms with Gasteiger partial charge < -0.3 is 9.80 Å². The van der Waals surface area contributed by atoms with Crippen LogP contribution in [0.4, 0.5) is 0 Å². The average molecular weight is 306 g/mol. The van der Waals surface area contributed by atoms with E-state index in [0.717, 1.165) is 38.9 Å². The number of carbonyl (C=O) groups excluding carboxylic acids is 2. The van der Waals surface area contributed by atoms with Gasteiger partial charge in [0.2, 0.25) is 11.8 Å². The second-order valence-electron chi connectivity index (χ2n) is 6.37. The smallest absolute Gasteiger partial charge is 0.220 e. The highest BCUT2D eigenvalue weighted by molar-refractivity contribution is 7.07. The van der Waals surface area contributed by atoms with E-state index in [1.54, 1.807) is 25.2 Å². The Morgan fingerprint density at radius 2 is 2.10 bits per heavy atom. The first-order chi connectivity index (χ1) is 10.0. The topological polar surface area (TPSA) is 40.6 Å². The molecule has 1 spiro atoms. The van der Waals surface area contributed by atoms with E-state index < -0.39 is 0 Å². The molecule has 1 saturated carbocycles. The number of carbonyl (C=O) groups is 2. The highest BCUT2D eigenvalue weighted by atomic mass is 32.1. The molecule has 0 aromatic carbocycles. The fraction of sp³-hybridized carbons (Fsp3) is 0.625. The molecule has 4 nitrogen and oxygen atoms in total. The van der Waals surface area contributed by atoms with E-state index in [0.29, 0.717) is 6.04 Å². The Balaban J connectivity index is 1.64. The van der Waals surface area contributed by atoms with Crippen LogP contribution in [0.2, 0.25) is 0 Å². The zero-order valence-electron chi connectivity index (χ0n) is 12.7. The first-order valence-electron chi connectivity index (χ1n) is 7.56. The molecule has 0 N–H and O–H groups in total. The SMILES string of the molecule is CC(=O)N1CCC2(CC1)CC2N(Cc1ccsc1)C(C)=O. The highest BCUT2D eigenvalue weighted by Gasteiger charge is 2.58. The van der Waals surface area contributed by atoms with Gasteiger partial charge in [0.05, 0.1) is 0 Å². The van der Waals surface area contributed by atoms with Gasteiger partial charge in [0.15, 0.2) is 0 Å². The molecule has 1 saturated heterocycles. The van der Waals surface area contributed by atoms with Crippen LogP contribution in [0.5, 0.6) is 0 Å². The second kappa shape index (κ2) is 5.44. The molecule has 2 aliphatic rings. The van der Waals surface area contributed by atoms with Crippen molar-refractivity contribution in [3.05, 3.63) is 22.4 Å². The van der Waals surface area contributed by atoms with Crippen LogP contribution in [0.3, 0.4) is 0 Å². The molecular weight excluding hydrogens is 284 g/mol. The highest BCUT2D eigenvalue weighted by Crippen LogP contribution is 2.57. The number of rotatable bonds is 3. The largest absolute Gasteiger partial charge is 0.343 e. The van der Waals surface area contributed by atoms with Gasteiger partial charge in [-0.2, -0.15) is 11.3 Å². The van der Waals surface area contributed by atoms with Gasteiger partial charge in [0, 0.05) is 39.5 Å². The van der Waals surface area contributed by atoms with Crippen molar-refractivity contribution in [1.29, 1.82) is 0 Å². The van der Waals surface area contributed by atoms with E-state index in [1.807, 2.05) is 9.80 Å². The number of likely N-dealkylation sites (tertiary alicyclic amines) is 1. The van der Waals surface area contributed by atoms with E-state index in [1.165, 1.54) is 5.56 Å². The number of piperidine rings is 1. The quantitative estimate of drug-likeness (QED) is 0.861. The van der Waals surface area contributed by atoms with Crippen molar-refractivity contribution in [2.75, 3.05) is 13.1 Å². The third-order valence-corrected chi connectivity index (χ3v) is 5.80. The second-order valence-corrected chi connectivity index (χ2v) is 7.15. The minimum atomic E-state index is 0.164. The summed E-state index contributed by atoms with van der Waals surface area (Å²) in [5.74, 6) is 0.334. The first kappa shape index (κ1) is 14.6. The lowest BCUT2D eigenvalue weighted by Gasteiger charge is -2.34. The summed E-state index contributed by atoms with van der Waals surface area (Å²) >= 11 is 1.67. The van der Waals surface area contributed by atoms with E-state index in [2.05, 4.69) is 16.8 Å². The Morgan fingerprint density at radius 3 is 2.62 bits per heavy atom. The summed E-state index contributed by atoms with van der Waals surface area (Å²) in [5.41, 5.74) is 1.49. The Morgan fingerprint density at radius 1 is 1.38 bits per heavy atom. The fourth-order valence-electron chi connectivity index (χ4n) is 3.59. The van der Waals surface area contributed by atoms with Crippen LogP contribution in [-0.4, -0.2) is 40.7 Å². The molecule has 1 atom stereocenters. The molecule has 5 heteroatoms. The summed E-state index contributed by atoms with van der Waals surface area (Å²) in [7, 11) is 0. The van der Waals surface area contributed by atoms with Gasteiger partial charge in [-0.1, -0.05) is 0 Å². The Bertz CT molecular complexity index is 532. The molecule has 1 aromatic rings. The summed E-state index contributed by atoms with van der Waals surface area (Å²) in [5, 5.41) is 4.17. The van der Waals surface area contributed by atoms with Crippen LogP contribution in [0.25, 0.3) is 0 Å². The molecule has 1 unspecified atom stereocenters. The monoisotopic (exact) mass is 306 g/mol. The molecular formula is C16H22N2O2S. The standard InChI is InChI=1S/C16H22N2O2S/c1-12(19)17-6-4-16(5-7-17)9-15(16)18(13(2)20)10-14-3-8-21-11-14/h3,8,11,15H,4-7,9-10H2,1-2H3. The zero-order chi connectivity index (χ0) is 15.0. The lowest BCUT2D eigenvalue weighted by molar-refractivity contribution is -0.133. The molecule has 0 radical (unpaired) electrons. The molecule has 1 aliphatic carbocycles. The van der Waals surface area contributed by atoms with Gasteiger partial charge >= 0.3 is 0 Å². The Labute approximate surface area is 129 Å². The van der Waals surface area contributed by atoms with Crippen molar-refractivity contribution in [3.8, 4) is 0 Å². The summed E-state index contributed by atoms with van der Waals surface area (Å²) < 4.78 is 0. The normalized spacial score (nSPS) is 23.1. The van der Waals surface area contributed by atoms with Crippen LogP contribution in [-0.2, 0) is 16.1 Å². The van der Waals surface area contributed by atoms with E-state index in [9.17, 15) is 9.59 Å². The molecule has 114 valence electrons. The molecule has 0 bridgehead atoms. The number of thiophene rings is 1. The average Bonchev–Trinajstić information content (AvgIpc) is 2.88. The number of hydrogen-bond donors (Lipinski definition) is 0. The molecule has 21 heavy (non-hydrogen) atoms. The lowest BCUT2D eigenvalue weighted by atomic mass is 9.92. The van der Waals surface area contributed by atoms with Gasteiger partial charge in [0.25, 0.3) is 0 Å². The van der Waals surface area contributed by atoms with E-state index >= 15 is 0 Å². The molecule has 1 aromatic heterocycles. The third-order valence-electron chi connectivity index (χ3n) is 5.06. The predicted molar refractivity (Wildman–Crippen MR) is 82.9 cm³/mol. The molecule has 2 heterocycles. The molecule has 3 rings (SSSR count). The van der Waals surface area contributed by atoms with Crippen molar-refractivity contribution in [1.82, 2.24) is 9.80 Å². The van der Waals surface area contributed by atoms with Crippen molar-refractivity contribution in [2.45, 2.75) is 45.7 Å². The molecule has 2 fully saturated rings. The predicted octanol–water partition coefficient (Wildman–Crippen LogP) is 2.50. The third kappa shape index (κ3) is 2.84. The van der Waals surface area contributed by atoms with Crippen molar-refractivity contribution < 1.29 is 9.59 Å². The minimum Gasteiger partial charge on any atom is -0.343 e. The minimum absolute atomic E-state index is 0.164. The van der Waals surface area contributed by atoms with Crippen molar-refractivity contribution >= 4 is 23.2 Å². The van der Waals surface area contributed by atoms with Gasteiger partial charge in [-0.05, 0) is 47.1 Å². The van der Waals surface area contributed by atoms with Crippen LogP contribution < -0.4 is 0 Å². The van der Waals surface area contributed by atoms with Crippen molar-refractivity contribution in [3.63, 3.8) is 0 Å². The Hall–Kier alpha value is -1.36. The maximum absolute atomic E-state index is 12.0. The van der Waals surface area contributed by atoms with E-state index in [-0.39, 0.29) is 17.2 Å². The Kier molecular flexibility index (Phi) is 3.78. The van der Waals surface area contributed by atoms with Gasteiger partial charge in [-0.3, -0.25) is 9.59 Å². The number of nitrogens with zero attached hydrogens (tertiary/aromatic N) is 2. The summed E-state index contributed by atoms with van der Waals surface area (Å²) in [6.45, 7) is 5.72. The van der Waals surface area contributed by atoms with E-state index in [4.69, 9.17) is 0 Å². The fourth-order valence-corrected chi connectivity index (χ4v) is 4.25. The summed E-state index contributed by atoms with van der Waals surface area (Å²) in [4.78, 5) is 27.4. The maximum Gasteiger partial charge on any atom is 0.220 e. The summed E-state index contributed by atoms with van der Waals surface area (Å²) in [6.07, 6.45) is 3.16. The number of amides is 2. The molecule has 1 aliphatic heterocycles. The first-order valence-corrected chi connectivity index (χ1v) is 8.50. The van der Waals surface area contributed by atoms with Gasteiger partial charge in [0.1, 0.15) is 0 Å². The molecule has 2 amide bonds. The van der Waals surface area contributed by atoms with Gasteiger partial charge in [-0.25, -0.2) is 0 Å². The zero-order valence-corrected chi connectivity index (χ0v) is 13.5. The summed E-state index contributed by atoms with van der Waals surface area (Å²) in [6, 6.07) is 2.46. The van der Waals surface area contributed by atoms with Crippen LogP contribution in [0.15, 0.2) is 16.8 Å². The van der Waals surface area contributed by atoms with Gasteiger partial charge in [-0.15, -0.1) is 0 Å². The lowest BCUT2D eigenvalue weighted by Crippen LogP contribution is -2.41. The number of hydrogen-bond acceptors (Lipinski definition) is 3. The van der Waals surface area contributed by atoms with Crippen LogP contribution in [0, 0.1) is 5.41 Å². The maximum atomic E-state index is 12.0. The van der Waals surface area contributed by atoms with Crippen molar-refractivity contribution in [2.24, 2.45) is 5.41 Å². The van der Waals surface area contributed by atoms with Crippen LogP contribution in [0.1, 0.15) is 38.7 Å².